The van der Waals surface area contributed by atoms with Gasteiger partial charge in [0.25, 0.3) is 0 Å². The maximum absolute atomic E-state index is 12.2. The zero-order valence-electron chi connectivity index (χ0n) is 13.6. The number of amides is 1. The van der Waals surface area contributed by atoms with Gasteiger partial charge in [-0.3, -0.25) is 9.59 Å². The standard InChI is InChI=1S/C16H29NO4/c1-4-13(17-9-7-5-6-8-14(17)19)12-16(2,3)15(20)21-11-10-18/h13,18H,4-12H2,1-3H3. The Hall–Kier alpha value is -1.10. The molecule has 0 aromatic carbocycles. The van der Waals surface area contributed by atoms with Gasteiger partial charge in [0.05, 0.1) is 12.0 Å². The second kappa shape index (κ2) is 8.37. The quantitative estimate of drug-likeness (QED) is 0.731. The van der Waals surface area contributed by atoms with Gasteiger partial charge in [0.15, 0.2) is 0 Å². The van der Waals surface area contributed by atoms with Crippen molar-refractivity contribution in [1.82, 2.24) is 4.90 Å². The molecule has 0 bridgehead atoms. The highest BCUT2D eigenvalue weighted by Crippen LogP contribution is 2.29. The minimum Gasteiger partial charge on any atom is -0.463 e. The molecule has 1 heterocycles. The average molecular weight is 299 g/mol. The lowest BCUT2D eigenvalue weighted by Crippen LogP contribution is -2.44. The summed E-state index contributed by atoms with van der Waals surface area (Å²) in [5, 5.41) is 8.75. The van der Waals surface area contributed by atoms with Crippen LogP contribution in [0.2, 0.25) is 0 Å². The molecule has 1 N–H and O–H groups in total. The summed E-state index contributed by atoms with van der Waals surface area (Å²) < 4.78 is 5.05. The number of esters is 1. The minimum absolute atomic E-state index is 0.0295. The Bertz CT molecular complexity index is 354. The van der Waals surface area contributed by atoms with Crippen molar-refractivity contribution >= 4 is 11.9 Å². The Labute approximate surface area is 127 Å². The second-order valence-electron chi connectivity index (χ2n) is 6.41. The van der Waals surface area contributed by atoms with E-state index in [-0.39, 0.29) is 31.1 Å². The number of carbonyl (C=O) groups excluding carboxylic acids is 2. The van der Waals surface area contributed by atoms with Gasteiger partial charge in [-0.1, -0.05) is 13.3 Å². The molecule has 5 nitrogen and oxygen atoms in total. The first-order valence-electron chi connectivity index (χ1n) is 8.00. The van der Waals surface area contributed by atoms with Crippen LogP contribution in [0.3, 0.4) is 0 Å². The Morgan fingerprint density at radius 3 is 2.71 bits per heavy atom. The van der Waals surface area contributed by atoms with E-state index in [0.29, 0.717) is 12.8 Å². The molecule has 0 spiro atoms. The summed E-state index contributed by atoms with van der Waals surface area (Å²) in [4.78, 5) is 26.2. The van der Waals surface area contributed by atoms with Crippen LogP contribution in [-0.2, 0) is 14.3 Å². The van der Waals surface area contributed by atoms with Crippen LogP contribution in [-0.4, -0.2) is 47.7 Å². The van der Waals surface area contributed by atoms with Gasteiger partial charge in [0.1, 0.15) is 6.61 Å². The molecule has 0 aromatic rings. The zero-order valence-corrected chi connectivity index (χ0v) is 13.6. The molecule has 21 heavy (non-hydrogen) atoms. The summed E-state index contributed by atoms with van der Waals surface area (Å²) in [7, 11) is 0. The lowest BCUT2D eigenvalue weighted by molar-refractivity contribution is -0.157. The van der Waals surface area contributed by atoms with Gasteiger partial charge in [-0.25, -0.2) is 0 Å². The van der Waals surface area contributed by atoms with E-state index in [4.69, 9.17) is 9.84 Å². The van der Waals surface area contributed by atoms with Crippen molar-refractivity contribution in [3.63, 3.8) is 0 Å². The number of hydrogen-bond acceptors (Lipinski definition) is 4. The fourth-order valence-corrected chi connectivity index (χ4v) is 2.87. The van der Waals surface area contributed by atoms with Crippen LogP contribution in [0.1, 0.15) is 59.3 Å². The SMILES string of the molecule is CCC(CC(C)(C)C(=O)OCCO)N1CCCCCC1=O. The third-order valence-electron chi connectivity index (χ3n) is 4.14. The Kier molecular flexibility index (Phi) is 7.15. The van der Waals surface area contributed by atoms with E-state index in [9.17, 15) is 9.59 Å². The topological polar surface area (TPSA) is 66.8 Å². The molecule has 1 atom stereocenters. The summed E-state index contributed by atoms with van der Waals surface area (Å²) in [6, 6.07) is 0.0762. The first kappa shape index (κ1) is 18.0. The van der Waals surface area contributed by atoms with Crippen LogP contribution in [0.15, 0.2) is 0 Å². The summed E-state index contributed by atoms with van der Waals surface area (Å²) in [5.41, 5.74) is -0.650. The summed E-state index contributed by atoms with van der Waals surface area (Å²) in [6.45, 7) is 6.40. The Morgan fingerprint density at radius 2 is 2.10 bits per heavy atom. The van der Waals surface area contributed by atoms with E-state index < -0.39 is 5.41 Å². The van der Waals surface area contributed by atoms with E-state index in [1.54, 1.807) is 0 Å². The largest absolute Gasteiger partial charge is 0.463 e. The molecule has 1 fully saturated rings. The first-order chi connectivity index (χ1) is 9.92. The molecule has 1 rings (SSSR count). The van der Waals surface area contributed by atoms with Crippen molar-refractivity contribution in [3.05, 3.63) is 0 Å². The van der Waals surface area contributed by atoms with Gasteiger partial charge in [0, 0.05) is 19.0 Å². The molecule has 1 amide bonds. The van der Waals surface area contributed by atoms with Gasteiger partial charge in [-0.05, 0) is 39.5 Å². The van der Waals surface area contributed by atoms with Crippen LogP contribution >= 0.6 is 0 Å². The normalized spacial score (nSPS) is 18.3. The lowest BCUT2D eigenvalue weighted by atomic mass is 9.84. The van der Waals surface area contributed by atoms with Gasteiger partial charge < -0.3 is 14.7 Å². The van der Waals surface area contributed by atoms with E-state index in [2.05, 4.69) is 6.92 Å². The Morgan fingerprint density at radius 1 is 1.38 bits per heavy atom. The van der Waals surface area contributed by atoms with E-state index in [0.717, 1.165) is 32.2 Å². The van der Waals surface area contributed by atoms with Crippen molar-refractivity contribution < 1.29 is 19.4 Å². The van der Waals surface area contributed by atoms with Crippen LogP contribution in [0.5, 0.6) is 0 Å². The molecule has 122 valence electrons. The number of likely N-dealkylation sites (tertiary alicyclic amines) is 1. The molecule has 5 heteroatoms. The van der Waals surface area contributed by atoms with Gasteiger partial charge in [0.2, 0.25) is 5.91 Å². The van der Waals surface area contributed by atoms with Gasteiger partial charge >= 0.3 is 5.97 Å². The minimum atomic E-state index is -0.650. The predicted octanol–water partition coefficient (Wildman–Crippen LogP) is 2.12. The van der Waals surface area contributed by atoms with E-state index in [1.807, 2.05) is 18.7 Å². The predicted molar refractivity (Wildman–Crippen MR) is 80.7 cm³/mol. The molecule has 1 aliphatic heterocycles. The highest BCUT2D eigenvalue weighted by Gasteiger charge is 2.35. The van der Waals surface area contributed by atoms with Crippen LogP contribution in [0, 0.1) is 5.41 Å². The fourth-order valence-electron chi connectivity index (χ4n) is 2.87. The highest BCUT2D eigenvalue weighted by atomic mass is 16.5. The number of aliphatic hydroxyl groups excluding tert-OH is 1. The van der Waals surface area contributed by atoms with Gasteiger partial charge in [-0.15, -0.1) is 0 Å². The van der Waals surface area contributed by atoms with Crippen molar-refractivity contribution in [1.29, 1.82) is 0 Å². The first-order valence-corrected chi connectivity index (χ1v) is 8.00. The second-order valence-corrected chi connectivity index (χ2v) is 6.41. The zero-order chi connectivity index (χ0) is 15.9. The number of carbonyl (C=O) groups is 2. The molecule has 0 radical (unpaired) electrons. The third kappa shape index (κ3) is 5.30. The van der Waals surface area contributed by atoms with Crippen molar-refractivity contribution in [3.8, 4) is 0 Å². The van der Waals surface area contributed by atoms with Crippen LogP contribution in [0.4, 0.5) is 0 Å². The number of rotatable bonds is 7. The fraction of sp³-hybridized carbons (Fsp3) is 0.875. The smallest absolute Gasteiger partial charge is 0.311 e. The summed E-state index contributed by atoms with van der Waals surface area (Å²) in [5.74, 6) is -0.101. The maximum Gasteiger partial charge on any atom is 0.311 e. The van der Waals surface area contributed by atoms with Gasteiger partial charge in [-0.2, -0.15) is 0 Å². The van der Waals surface area contributed by atoms with E-state index >= 15 is 0 Å². The highest BCUT2D eigenvalue weighted by molar-refractivity contribution is 5.78. The van der Waals surface area contributed by atoms with Crippen molar-refractivity contribution in [2.24, 2.45) is 5.41 Å². The number of hydrogen-bond donors (Lipinski definition) is 1. The molecule has 1 unspecified atom stereocenters. The Balaban J connectivity index is 2.70. The van der Waals surface area contributed by atoms with Crippen LogP contribution in [0.25, 0.3) is 0 Å². The van der Waals surface area contributed by atoms with Crippen molar-refractivity contribution in [2.45, 2.75) is 65.3 Å². The lowest BCUT2D eigenvalue weighted by Gasteiger charge is -2.35. The molecule has 0 aromatic heterocycles. The third-order valence-corrected chi connectivity index (χ3v) is 4.14. The van der Waals surface area contributed by atoms with Crippen molar-refractivity contribution in [2.75, 3.05) is 19.8 Å². The molecular formula is C16H29NO4. The number of aliphatic hydroxyl groups is 1. The molecule has 1 saturated heterocycles. The monoisotopic (exact) mass is 299 g/mol. The molecule has 1 aliphatic rings. The average Bonchev–Trinajstić information content (AvgIpc) is 2.66. The molecule has 0 saturated carbocycles. The number of ether oxygens (including phenoxy) is 1. The van der Waals surface area contributed by atoms with E-state index in [1.165, 1.54) is 0 Å². The number of nitrogens with zero attached hydrogens (tertiary/aromatic N) is 1. The summed E-state index contributed by atoms with van der Waals surface area (Å²) >= 11 is 0. The van der Waals surface area contributed by atoms with Crippen LogP contribution < -0.4 is 0 Å². The maximum atomic E-state index is 12.2. The summed E-state index contributed by atoms with van der Waals surface area (Å²) in [6.07, 6.45) is 5.15. The molecule has 0 aliphatic carbocycles. The molecular weight excluding hydrogens is 270 g/mol.